The maximum absolute atomic E-state index is 5.77. The summed E-state index contributed by atoms with van der Waals surface area (Å²) < 4.78 is 5.77. The Hall–Kier alpha value is -1.02. The quantitative estimate of drug-likeness (QED) is 0.680. The first-order chi connectivity index (χ1) is 9.17. The van der Waals surface area contributed by atoms with Gasteiger partial charge in [0.15, 0.2) is 0 Å². The van der Waals surface area contributed by atoms with E-state index in [0.717, 1.165) is 31.4 Å². The minimum absolute atomic E-state index is 0.638. The molecule has 0 saturated carbocycles. The Labute approximate surface area is 118 Å². The lowest BCUT2D eigenvalue weighted by atomic mass is 9.99. The van der Waals surface area contributed by atoms with Gasteiger partial charge in [-0.15, -0.1) is 0 Å². The zero-order valence-corrected chi connectivity index (χ0v) is 13.0. The van der Waals surface area contributed by atoms with Crippen LogP contribution in [0.4, 0.5) is 0 Å². The molecule has 0 saturated heterocycles. The number of benzene rings is 1. The third-order valence-corrected chi connectivity index (χ3v) is 3.89. The highest BCUT2D eigenvalue weighted by Crippen LogP contribution is 2.21. The largest absolute Gasteiger partial charge is 0.493 e. The van der Waals surface area contributed by atoms with Gasteiger partial charge in [-0.1, -0.05) is 32.9 Å². The minimum atomic E-state index is 0.638. The van der Waals surface area contributed by atoms with E-state index in [0.29, 0.717) is 5.92 Å². The summed E-state index contributed by atoms with van der Waals surface area (Å²) in [6.45, 7) is 11.0. The normalized spacial score (nSPS) is 14.1. The number of hydrogen-bond acceptors (Lipinski definition) is 1. The lowest BCUT2D eigenvalue weighted by Gasteiger charge is -2.11. The Kier molecular flexibility index (Phi) is 7.57. The number of rotatable bonds is 9. The summed E-state index contributed by atoms with van der Waals surface area (Å²) >= 11 is 0. The fourth-order valence-corrected chi connectivity index (χ4v) is 1.97. The highest BCUT2D eigenvalue weighted by Gasteiger charge is 2.03. The summed E-state index contributed by atoms with van der Waals surface area (Å²) in [5, 5.41) is 2.40. The molecule has 1 aromatic rings. The molecule has 2 atom stereocenters. The second kappa shape index (κ2) is 8.98. The van der Waals surface area contributed by atoms with Gasteiger partial charge in [-0.05, 0) is 43.4 Å². The van der Waals surface area contributed by atoms with Gasteiger partial charge in [-0.3, -0.25) is 0 Å². The summed E-state index contributed by atoms with van der Waals surface area (Å²) in [7, 11) is 0. The number of ether oxygens (including phenoxy) is 1. The zero-order valence-electron chi connectivity index (χ0n) is 13.0. The molecule has 0 aliphatic rings. The SMILES string of the molecule is CC[C@@H](C)[NH2+]CCCOc1ccc([C@H](C)CC)cc1. The number of hydrogen-bond donors (Lipinski definition) is 1. The van der Waals surface area contributed by atoms with Crippen LogP contribution in [0.2, 0.25) is 0 Å². The van der Waals surface area contributed by atoms with Crippen molar-refractivity contribution >= 4 is 0 Å². The van der Waals surface area contributed by atoms with Crippen LogP contribution in [0.25, 0.3) is 0 Å². The first-order valence-corrected chi connectivity index (χ1v) is 7.73. The maximum atomic E-state index is 5.77. The van der Waals surface area contributed by atoms with E-state index in [2.05, 4.69) is 57.3 Å². The maximum Gasteiger partial charge on any atom is 0.119 e. The van der Waals surface area contributed by atoms with Gasteiger partial charge in [0.25, 0.3) is 0 Å². The average Bonchev–Trinajstić information content (AvgIpc) is 2.46. The van der Waals surface area contributed by atoms with Gasteiger partial charge in [0, 0.05) is 6.42 Å². The van der Waals surface area contributed by atoms with Crippen LogP contribution in [0, 0.1) is 0 Å². The van der Waals surface area contributed by atoms with Crippen LogP contribution in [-0.2, 0) is 0 Å². The van der Waals surface area contributed by atoms with E-state index >= 15 is 0 Å². The summed E-state index contributed by atoms with van der Waals surface area (Å²) in [5.74, 6) is 1.63. The molecule has 0 radical (unpaired) electrons. The van der Waals surface area contributed by atoms with E-state index in [4.69, 9.17) is 4.74 Å². The summed E-state index contributed by atoms with van der Waals surface area (Å²) in [4.78, 5) is 0. The van der Waals surface area contributed by atoms with Gasteiger partial charge < -0.3 is 10.1 Å². The molecule has 0 amide bonds. The first kappa shape index (κ1) is 16.0. The van der Waals surface area contributed by atoms with Crippen LogP contribution < -0.4 is 10.1 Å². The molecule has 0 aliphatic carbocycles. The lowest BCUT2D eigenvalue weighted by Crippen LogP contribution is -2.89. The van der Waals surface area contributed by atoms with Crippen molar-refractivity contribution < 1.29 is 10.1 Å². The fraction of sp³-hybridized carbons (Fsp3) is 0.647. The molecule has 0 unspecified atom stereocenters. The third kappa shape index (κ3) is 6.11. The molecule has 0 heterocycles. The molecule has 2 nitrogen and oxygen atoms in total. The van der Waals surface area contributed by atoms with Crippen molar-refractivity contribution in [1.82, 2.24) is 0 Å². The van der Waals surface area contributed by atoms with Gasteiger partial charge in [-0.25, -0.2) is 0 Å². The van der Waals surface area contributed by atoms with Crippen LogP contribution in [0.5, 0.6) is 5.75 Å². The van der Waals surface area contributed by atoms with Crippen molar-refractivity contribution in [3.8, 4) is 5.75 Å². The Bertz CT molecular complexity index is 334. The molecule has 1 aromatic carbocycles. The number of quaternary nitrogens is 1. The Balaban J connectivity index is 2.23. The van der Waals surface area contributed by atoms with Crippen LogP contribution in [0.1, 0.15) is 58.4 Å². The zero-order chi connectivity index (χ0) is 14.1. The van der Waals surface area contributed by atoms with E-state index in [9.17, 15) is 0 Å². The van der Waals surface area contributed by atoms with Gasteiger partial charge in [0.05, 0.1) is 19.2 Å². The molecule has 0 aliphatic heterocycles. The molecule has 1 rings (SSSR count). The first-order valence-electron chi connectivity index (χ1n) is 7.73. The Morgan fingerprint density at radius 1 is 1.05 bits per heavy atom. The van der Waals surface area contributed by atoms with E-state index in [1.165, 1.54) is 18.4 Å². The van der Waals surface area contributed by atoms with Gasteiger partial charge in [0.2, 0.25) is 0 Å². The van der Waals surface area contributed by atoms with Crippen LogP contribution in [0.15, 0.2) is 24.3 Å². The van der Waals surface area contributed by atoms with Crippen molar-refractivity contribution in [2.75, 3.05) is 13.2 Å². The van der Waals surface area contributed by atoms with Crippen molar-refractivity contribution in [1.29, 1.82) is 0 Å². The summed E-state index contributed by atoms with van der Waals surface area (Å²) in [6, 6.07) is 9.30. The fourth-order valence-electron chi connectivity index (χ4n) is 1.97. The molecule has 0 spiro atoms. The highest BCUT2D eigenvalue weighted by atomic mass is 16.5. The summed E-state index contributed by atoms with van der Waals surface area (Å²) in [6.07, 6.45) is 3.53. The smallest absolute Gasteiger partial charge is 0.119 e. The molecule has 0 fully saturated rings. The topological polar surface area (TPSA) is 25.8 Å². The van der Waals surface area contributed by atoms with Crippen molar-refractivity contribution in [2.24, 2.45) is 0 Å². The second-order valence-corrected chi connectivity index (χ2v) is 5.49. The van der Waals surface area contributed by atoms with E-state index in [1.807, 2.05) is 0 Å². The van der Waals surface area contributed by atoms with Crippen molar-refractivity contribution in [3.63, 3.8) is 0 Å². The molecule has 0 bridgehead atoms. The average molecular weight is 264 g/mol. The minimum Gasteiger partial charge on any atom is -0.493 e. The molecular weight excluding hydrogens is 234 g/mol. The third-order valence-electron chi connectivity index (χ3n) is 3.89. The highest BCUT2D eigenvalue weighted by molar-refractivity contribution is 5.29. The monoisotopic (exact) mass is 264 g/mol. The van der Waals surface area contributed by atoms with Crippen LogP contribution in [0.3, 0.4) is 0 Å². The molecule has 2 heteroatoms. The van der Waals surface area contributed by atoms with E-state index in [1.54, 1.807) is 0 Å². The van der Waals surface area contributed by atoms with Crippen molar-refractivity contribution in [2.45, 2.75) is 58.9 Å². The number of nitrogens with two attached hydrogens (primary N) is 1. The lowest BCUT2D eigenvalue weighted by molar-refractivity contribution is -0.686. The second-order valence-electron chi connectivity index (χ2n) is 5.49. The molecule has 108 valence electrons. The standard InChI is InChI=1S/C17H29NO/c1-5-14(3)16-8-10-17(11-9-16)19-13-7-12-18-15(4)6-2/h8-11,14-15,18H,5-7,12-13H2,1-4H3/p+1/t14-,15-/m1/s1. The van der Waals surface area contributed by atoms with Crippen LogP contribution in [-0.4, -0.2) is 19.2 Å². The Morgan fingerprint density at radius 2 is 1.74 bits per heavy atom. The van der Waals surface area contributed by atoms with Gasteiger partial charge >= 0.3 is 0 Å². The van der Waals surface area contributed by atoms with Gasteiger partial charge in [-0.2, -0.15) is 0 Å². The Morgan fingerprint density at radius 3 is 2.32 bits per heavy atom. The predicted octanol–water partition coefficient (Wildman–Crippen LogP) is 3.33. The molecular formula is C17H30NO+. The van der Waals surface area contributed by atoms with E-state index in [-0.39, 0.29) is 0 Å². The van der Waals surface area contributed by atoms with Gasteiger partial charge in [0.1, 0.15) is 5.75 Å². The van der Waals surface area contributed by atoms with Crippen molar-refractivity contribution in [3.05, 3.63) is 29.8 Å². The molecule has 0 aromatic heterocycles. The van der Waals surface area contributed by atoms with Crippen LogP contribution >= 0.6 is 0 Å². The molecule has 19 heavy (non-hydrogen) atoms. The van der Waals surface area contributed by atoms with E-state index < -0.39 is 0 Å². The molecule has 2 N–H and O–H groups in total. The summed E-state index contributed by atoms with van der Waals surface area (Å²) in [5.41, 5.74) is 1.40. The predicted molar refractivity (Wildman–Crippen MR) is 81.8 cm³/mol.